The molecule has 1 aromatic heterocycles. The molecule has 26 heavy (non-hydrogen) atoms. The number of hydrogen-bond donors (Lipinski definition) is 4. The Labute approximate surface area is 161 Å². The first-order chi connectivity index (χ1) is 12.4. The van der Waals surface area contributed by atoms with E-state index in [2.05, 4.69) is 30.9 Å². The van der Waals surface area contributed by atoms with E-state index in [-0.39, 0.29) is 6.67 Å². The molecule has 4 rings (SSSR count). The molecular weight excluding hydrogens is 426 g/mol. The lowest BCUT2D eigenvalue weighted by molar-refractivity contribution is -0.0688. The van der Waals surface area contributed by atoms with Crippen molar-refractivity contribution in [2.45, 2.75) is 36.6 Å². The van der Waals surface area contributed by atoms with Crippen molar-refractivity contribution in [3.05, 3.63) is 20.8 Å². The third kappa shape index (κ3) is 2.93. The molecule has 0 aliphatic carbocycles. The van der Waals surface area contributed by atoms with Gasteiger partial charge in [0, 0.05) is 11.3 Å². The van der Waals surface area contributed by atoms with E-state index in [0.717, 1.165) is 8.66 Å². The molecular formula is C15H18BrN5O4S. The number of ether oxygens (including phenoxy) is 1. The first-order valence-corrected chi connectivity index (χ1v) is 9.63. The molecule has 5 atom stereocenters. The predicted molar refractivity (Wildman–Crippen MR) is 100 cm³/mol. The van der Waals surface area contributed by atoms with Crippen molar-refractivity contribution >= 4 is 45.2 Å². The fourth-order valence-electron chi connectivity index (χ4n) is 3.31. The van der Waals surface area contributed by atoms with E-state index >= 15 is 0 Å². The number of nitrogens with zero attached hydrogens (tertiary/aromatic N) is 4. The Kier molecular flexibility index (Phi) is 4.72. The summed E-state index contributed by atoms with van der Waals surface area (Å²) < 4.78 is 6.60. The molecule has 1 aromatic rings. The zero-order chi connectivity index (χ0) is 18.5. The number of nitrogens with two attached hydrogens (primary N) is 1. The average Bonchev–Trinajstić information content (AvgIpc) is 3.28. The lowest BCUT2D eigenvalue weighted by Crippen LogP contribution is -2.56. The molecule has 1 unspecified atom stereocenters. The lowest BCUT2D eigenvalue weighted by atomic mass is 9.98. The van der Waals surface area contributed by atoms with Crippen molar-refractivity contribution in [1.29, 1.82) is 0 Å². The summed E-state index contributed by atoms with van der Waals surface area (Å²) in [6, 6.07) is 3.93. The fourth-order valence-corrected chi connectivity index (χ4v) is 4.89. The number of aliphatic hydroxyl groups excluding tert-OH is 3. The van der Waals surface area contributed by atoms with E-state index in [4.69, 9.17) is 10.5 Å². The van der Waals surface area contributed by atoms with Crippen LogP contribution in [0, 0.1) is 0 Å². The van der Waals surface area contributed by atoms with Crippen LogP contribution in [0.5, 0.6) is 0 Å². The molecule has 0 aromatic carbocycles. The standard InChI is InChI=1S/C15H18BrN5O4S/c16-9-2-1-7(26-9)3-15(17)12-13(18-5-20-15)21(6-19-12)14-11(24)10(23)8(4-22)25-14/h1-2,5,8,10-11,14,22-24H,3-4,6,17H2/t8-,10-,11-,14-,15?/m1/s1. The number of aliphatic hydroxyl groups is 3. The van der Waals surface area contributed by atoms with Gasteiger partial charge in [0.2, 0.25) is 0 Å². The number of amidine groups is 1. The van der Waals surface area contributed by atoms with Crippen LogP contribution < -0.4 is 5.73 Å². The third-order valence-electron chi connectivity index (χ3n) is 4.64. The number of aliphatic imine (C=N–C) groups is 3. The topological polar surface area (TPSA) is 136 Å². The van der Waals surface area contributed by atoms with Crippen molar-refractivity contribution < 1.29 is 20.1 Å². The van der Waals surface area contributed by atoms with Crippen LogP contribution >= 0.6 is 27.3 Å². The first-order valence-electron chi connectivity index (χ1n) is 8.02. The van der Waals surface area contributed by atoms with Crippen LogP contribution in [-0.2, 0) is 11.2 Å². The van der Waals surface area contributed by atoms with Crippen LogP contribution in [0.1, 0.15) is 4.88 Å². The summed E-state index contributed by atoms with van der Waals surface area (Å²) in [5, 5.41) is 29.5. The van der Waals surface area contributed by atoms with Crippen molar-refractivity contribution in [3.63, 3.8) is 0 Å². The molecule has 140 valence electrons. The van der Waals surface area contributed by atoms with Gasteiger partial charge in [0.25, 0.3) is 0 Å². The zero-order valence-electron chi connectivity index (χ0n) is 13.6. The van der Waals surface area contributed by atoms with E-state index in [1.165, 1.54) is 6.34 Å². The van der Waals surface area contributed by atoms with Gasteiger partial charge in [-0.2, -0.15) is 0 Å². The second kappa shape index (κ2) is 6.75. The van der Waals surface area contributed by atoms with Crippen LogP contribution in [0.25, 0.3) is 0 Å². The second-order valence-electron chi connectivity index (χ2n) is 6.35. The maximum absolute atomic E-state index is 10.3. The normalized spacial score (nSPS) is 36.3. The fraction of sp³-hybridized carbons (Fsp3) is 0.533. The van der Waals surface area contributed by atoms with Gasteiger partial charge in [0.1, 0.15) is 37.0 Å². The van der Waals surface area contributed by atoms with Gasteiger partial charge in [-0.3, -0.25) is 4.99 Å². The molecule has 3 aliphatic rings. The van der Waals surface area contributed by atoms with Gasteiger partial charge >= 0.3 is 0 Å². The summed E-state index contributed by atoms with van der Waals surface area (Å²) in [6.45, 7) is -0.213. The smallest absolute Gasteiger partial charge is 0.162 e. The minimum atomic E-state index is -1.19. The van der Waals surface area contributed by atoms with Gasteiger partial charge < -0.3 is 30.7 Å². The van der Waals surface area contributed by atoms with Crippen LogP contribution in [0.15, 0.2) is 30.9 Å². The number of hydrogen-bond acceptors (Lipinski definition) is 10. The maximum Gasteiger partial charge on any atom is 0.162 e. The summed E-state index contributed by atoms with van der Waals surface area (Å²) >= 11 is 5.01. The molecule has 4 heterocycles. The molecule has 0 bridgehead atoms. The molecule has 0 saturated carbocycles. The van der Waals surface area contributed by atoms with E-state index < -0.39 is 36.8 Å². The number of thiophene rings is 1. The van der Waals surface area contributed by atoms with Gasteiger partial charge in [-0.25, -0.2) is 9.98 Å². The average molecular weight is 444 g/mol. The Morgan fingerprint density at radius 2 is 2.19 bits per heavy atom. The number of halogens is 1. The highest BCUT2D eigenvalue weighted by molar-refractivity contribution is 9.11. The predicted octanol–water partition coefficient (Wildman–Crippen LogP) is -0.698. The van der Waals surface area contributed by atoms with E-state index in [9.17, 15) is 15.3 Å². The number of fused-ring (bicyclic) bond motifs is 1. The Balaban J connectivity index is 1.57. The van der Waals surface area contributed by atoms with Gasteiger partial charge in [-0.15, -0.1) is 11.3 Å². The van der Waals surface area contributed by atoms with Gasteiger partial charge in [0.05, 0.1) is 10.4 Å². The van der Waals surface area contributed by atoms with Crippen LogP contribution in [0.2, 0.25) is 0 Å². The third-order valence-corrected chi connectivity index (χ3v) is 6.26. The Hall–Kier alpha value is -1.21. The SMILES string of the molecule is NC1(Cc2ccc(Br)s2)N=CN=C2C1=NCN2[C@@H]1O[C@H](CO)[C@@H](O)[C@H]1O. The molecule has 1 saturated heterocycles. The van der Waals surface area contributed by atoms with Crippen molar-refractivity contribution in [2.24, 2.45) is 20.7 Å². The summed E-state index contributed by atoms with van der Waals surface area (Å²) in [6.07, 6.45) is -2.25. The van der Waals surface area contributed by atoms with Crippen LogP contribution in [-0.4, -0.2) is 81.6 Å². The maximum atomic E-state index is 10.3. The quantitative estimate of drug-likeness (QED) is 0.485. The molecule has 5 N–H and O–H groups in total. The van der Waals surface area contributed by atoms with Crippen LogP contribution in [0.3, 0.4) is 0 Å². The molecule has 0 spiro atoms. The minimum absolute atomic E-state index is 0.178. The summed E-state index contributed by atoms with van der Waals surface area (Å²) in [4.78, 5) is 15.8. The monoisotopic (exact) mass is 443 g/mol. The summed E-state index contributed by atoms with van der Waals surface area (Å²) in [5.41, 5.74) is 5.98. The van der Waals surface area contributed by atoms with Crippen molar-refractivity contribution in [1.82, 2.24) is 4.90 Å². The molecule has 11 heteroatoms. The molecule has 9 nitrogen and oxygen atoms in total. The molecule has 0 radical (unpaired) electrons. The zero-order valence-corrected chi connectivity index (χ0v) is 16.0. The minimum Gasteiger partial charge on any atom is -0.394 e. The Bertz CT molecular complexity index is 799. The van der Waals surface area contributed by atoms with Crippen LogP contribution in [0.4, 0.5) is 0 Å². The molecule has 1 fully saturated rings. The highest BCUT2D eigenvalue weighted by atomic mass is 79.9. The van der Waals surface area contributed by atoms with Crippen molar-refractivity contribution in [2.75, 3.05) is 13.3 Å². The summed E-state index contributed by atoms with van der Waals surface area (Å²) in [5.74, 6) is 0.466. The van der Waals surface area contributed by atoms with Gasteiger partial charge in [-0.1, -0.05) is 0 Å². The van der Waals surface area contributed by atoms with Gasteiger partial charge in [0.15, 0.2) is 17.7 Å². The largest absolute Gasteiger partial charge is 0.394 e. The van der Waals surface area contributed by atoms with E-state index in [1.54, 1.807) is 16.2 Å². The van der Waals surface area contributed by atoms with E-state index in [1.807, 2.05) is 12.1 Å². The lowest BCUT2D eigenvalue weighted by Gasteiger charge is -2.32. The highest BCUT2D eigenvalue weighted by Crippen LogP contribution is 2.31. The molecule has 0 amide bonds. The molecule has 3 aliphatic heterocycles. The highest BCUT2D eigenvalue weighted by Gasteiger charge is 2.50. The van der Waals surface area contributed by atoms with Crippen molar-refractivity contribution in [3.8, 4) is 0 Å². The van der Waals surface area contributed by atoms with E-state index in [0.29, 0.717) is 18.0 Å². The Morgan fingerprint density at radius 1 is 1.38 bits per heavy atom. The number of rotatable bonds is 4. The second-order valence-corrected chi connectivity index (χ2v) is 8.90. The summed E-state index contributed by atoms with van der Waals surface area (Å²) in [7, 11) is 0. The Morgan fingerprint density at radius 3 is 2.85 bits per heavy atom. The first kappa shape index (κ1) is 18.2. The van der Waals surface area contributed by atoms with Gasteiger partial charge in [-0.05, 0) is 28.1 Å².